The third-order valence-electron chi connectivity index (χ3n) is 2.64. The minimum atomic E-state index is -0.417. The largest absolute Gasteiger partial charge is 0.382 e. The third-order valence-corrected chi connectivity index (χ3v) is 2.64. The van der Waals surface area contributed by atoms with E-state index in [1.54, 1.807) is 24.4 Å². The van der Waals surface area contributed by atoms with Crippen molar-refractivity contribution >= 4 is 11.5 Å². The van der Waals surface area contributed by atoms with Crippen LogP contribution in [0, 0.1) is 24.0 Å². The van der Waals surface area contributed by atoms with Crippen LogP contribution in [0.25, 0.3) is 5.69 Å². The van der Waals surface area contributed by atoms with Crippen molar-refractivity contribution in [3.8, 4) is 5.69 Å². The molecule has 0 bridgehead atoms. The molecule has 2 aromatic rings. The summed E-state index contributed by atoms with van der Waals surface area (Å²) in [7, 11) is 0. The van der Waals surface area contributed by atoms with Crippen molar-refractivity contribution < 1.29 is 4.92 Å². The van der Waals surface area contributed by atoms with Gasteiger partial charge in [0.15, 0.2) is 0 Å². The maximum atomic E-state index is 11.0. The Kier molecular flexibility index (Phi) is 2.55. The van der Waals surface area contributed by atoms with Crippen LogP contribution in [0.2, 0.25) is 0 Å². The van der Waals surface area contributed by atoms with E-state index in [4.69, 9.17) is 5.73 Å². The number of benzene rings is 1. The second kappa shape index (κ2) is 3.89. The Morgan fingerprint density at radius 1 is 1.35 bits per heavy atom. The van der Waals surface area contributed by atoms with Gasteiger partial charge in [-0.05, 0) is 31.0 Å². The average molecular weight is 232 g/mol. The van der Waals surface area contributed by atoms with Crippen LogP contribution in [0.4, 0.5) is 11.5 Å². The Bertz CT molecular complexity index is 589. The number of nitrogen functional groups attached to an aromatic ring is 1. The molecule has 0 aliphatic carbocycles. The molecule has 1 aromatic heterocycles. The van der Waals surface area contributed by atoms with Gasteiger partial charge < -0.3 is 5.73 Å². The van der Waals surface area contributed by atoms with E-state index in [1.165, 1.54) is 4.68 Å². The third kappa shape index (κ3) is 1.96. The van der Waals surface area contributed by atoms with Gasteiger partial charge in [-0.1, -0.05) is 0 Å². The molecule has 6 nitrogen and oxygen atoms in total. The van der Waals surface area contributed by atoms with Gasteiger partial charge in [0.1, 0.15) is 11.5 Å². The van der Waals surface area contributed by atoms with Crippen molar-refractivity contribution in [2.45, 2.75) is 13.8 Å². The summed E-state index contributed by atoms with van der Waals surface area (Å²) in [5, 5.41) is 15.0. The van der Waals surface area contributed by atoms with E-state index in [2.05, 4.69) is 5.10 Å². The number of anilines is 1. The molecule has 1 aromatic carbocycles. The Morgan fingerprint density at radius 2 is 2.00 bits per heavy atom. The molecule has 2 N–H and O–H groups in total. The van der Waals surface area contributed by atoms with Gasteiger partial charge in [0.25, 0.3) is 5.69 Å². The second-order valence-electron chi connectivity index (χ2n) is 3.87. The number of nitrogens with zero attached hydrogens (tertiary/aromatic N) is 3. The van der Waals surface area contributed by atoms with E-state index in [0.717, 1.165) is 11.1 Å². The molecule has 0 radical (unpaired) electrons. The van der Waals surface area contributed by atoms with Gasteiger partial charge in [0.2, 0.25) is 0 Å². The lowest BCUT2D eigenvalue weighted by atomic mass is 10.1. The average Bonchev–Trinajstić information content (AvgIpc) is 2.68. The summed E-state index contributed by atoms with van der Waals surface area (Å²) in [6, 6.07) is 4.88. The highest BCUT2D eigenvalue weighted by Gasteiger charge is 2.17. The lowest BCUT2D eigenvalue weighted by Gasteiger charge is -2.06. The van der Waals surface area contributed by atoms with Crippen molar-refractivity contribution in [3.63, 3.8) is 0 Å². The maximum Gasteiger partial charge on any atom is 0.295 e. The highest BCUT2D eigenvalue weighted by atomic mass is 16.6. The number of aromatic nitrogens is 2. The van der Waals surface area contributed by atoms with Crippen LogP contribution in [0.3, 0.4) is 0 Å². The molecule has 0 aliphatic rings. The Morgan fingerprint density at radius 3 is 2.53 bits per heavy atom. The van der Waals surface area contributed by atoms with E-state index < -0.39 is 4.92 Å². The quantitative estimate of drug-likeness (QED) is 0.633. The highest BCUT2D eigenvalue weighted by Crippen LogP contribution is 2.26. The monoisotopic (exact) mass is 232 g/mol. The number of hydrogen-bond donors (Lipinski definition) is 1. The minimum Gasteiger partial charge on any atom is -0.382 e. The van der Waals surface area contributed by atoms with E-state index in [1.807, 2.05) is 13.8 Å². The van der Waals surface area contributed by atoms with Crippen LogP contribution < -0.4 is 5.73 Å². The number of hydrogen-bond acceptors (Lipinski definition) is 4. The Hall–Kier alpha value is -2.37. The van der Waals surface area contributed by atoms with Crippen molar-refractivity contribution in [1.82, 2.24) is 9.78 Å². The fourth-order valence-corrected chi connectivity index (χ4v) is 1.59. The van der Waals surface area contributed by atoms with Crippen LogP contribution in [-0.4, -0.2) is 14.7 Å². The molecule has 6 heteroatoms. The van der Waals surface area contributed by atoms with Crippen LogP contribution in [0.5, 0.6) is 0 Å². The first-order chi connectivity index (χ1) is 7.99. The standard InChI is InChI=1S/C11H12N4O2/c1-7-5-9(14-4-3-11(12)13-14)10(15(16)17)6-8(7)2/h3-6H,1-2H3,(H2,12,13). The molecule has 0 unspecified atom stereocenters. The van der Waals surface area contributed by atoms with Crippen LogP contribution in [0.15, 0.2) is 24.4 Å². The van der Waals surface area contributed by atoms with Gasteiger partial charge in [-0.25, -0.2) is 4.68 Å². The predicted octanol–water partition coefficient (Wildman–Crippen LogP) is 1.98. The smallest absolute Gasteiger partial charge is 0.295 e. The maximum absolute atomic E-state index is 11.0. The van der Waals surface area contributed by atoms with Gasteiger partial charge in [-0.2, -0.15) is 5.10 Å². The summed E-state index contributed by atoms with van der Waals surface area (Å²) in [6.07, 6.45) is 1.60. The summed E-state index contributed by atoms with van der Waals surface area (Å²) in [6.45, 7) is 3.74. The SMILES string of the molecule is Cc1cc(-n2ccc(N)n2)c([N+](=O)[O-])cc1C. The van der Waals surface area contributed by atoms with E-state index in [9.17, 15) is 10.1 Å². The summed E-state index contributed by atoms with van der Waals surface area (Å²) in [5.74, 6) is 0.331. The van der Waals surface area contributed by atoms with E-state index >= 15 is 0 Å². The summed E-state index contributed by atoms with van der Waals surface area (Å²) in [4.78, 5) is 10.6. The first-order valence-corrected chi connectivity index (χ1v) is 5.06. The van der Waals surface area contributed by atoms with Gasteiger partial charge in [0.05, 0.1) is 4.92 Å². The van der Waals surface area contributed by atoms with E-state index in [-0.39, 0.29) is 5.69 Å². The molecule has 2 rings (SSSR count). The molecule has 1 heterocycles. The van der Waals surface area contributed by atoms with Gasteiger partial charge in [0, 0.05) is 18.3 Å². The molecular weight excluding hydrogens is 220 g/mol. The van der Waals surface area contributed by atoms with Gasteiger partial charge in [-0.15, -0.1) is 0 Å². The van der Waals surface area contributed by atoms with Crippen molar-refractivity contribution in [2.24, 2.45) is 0 Å². The fraction of sp³-hybridized carbons (Fsp3) is 0.182. The van der Waals surface area contributed by atoms with E-state index in [0.29, 0.717) is 11.5 Å². The van der Waals surface area contributed by atoms with Crippen molar-refractivity contribution in [1.29, 1.82) is 0 Å². The predicted molar refractivity (Wildman–Crippen MR) is 64.1 cm³/mol. The molecular formula is C11H12N4O2. The molecule has 0 aliphatic heterocycles. The number of nitro benzene ring substituents is 1. The zero-order valence-corrected chi connectivity index (χ0v) is 9.54. The molecule has 17 heavy (non-hydrogen) atoms. The molecule has 0 saturated heterocycles. The topological polar surface area (TPSA) is 87.0 Å². The van der Waals surface area contributed by atoms with Crippen molar-refractivity contribution in [2.75, 3.05) is 5.73 Å². The molecule has 0 amide bonds. The fourth-order valence-electron chi connectivity index (χ4n) is 1.59. The lowest BCUT2D eigenvalue weighted by Crippen LogP contribution is -2.03. The highest BCUT2D eigenvalue weighted by molar-refractivity contribution is 5.56. The number of aryl methyl sites for hydroxylation is 2. The summed E-state index contributed by atoms with van der Waals surface area (Å²) in [5.41, 5.74) is 7.81. The molecule has 0 spiro atoms. The van der Waals surface area contributed by atoms with Gasteiger partial charge in [-0.3, -0.25) is 10.1 Å². The zero-order valence-electron chi connectivity index (χ0n) is 9.54. The number of nitro groups is 1. The first kappa shape index (κ1) is 11.1. The zero-order chi connectivity index (χ0) is 12.6. The molecule has 88 valence electrons. The van der Waals surface area contributed by atoms with Crippen LogP contribution >= 0.6 is 0 Å². The molecule has 0 saturated carbocycles. The number of nitrogens with two attached hydrogens (primary N) is 1. The Balaban J connectivity index is 2.67. The Labute approximate surface area is 97.8 Å². The minimum absolute atomic E-state index is 0.0243. The second-order valence-corrected chi connectivity index (χ2v) is 3.87. The van der Waals surface area contributed by atoms with Crippen LogP contribution in [-0.2, 0) is 0 Å². The van der Waals surface area contributed by atoms with Crippen LogP contribution in [0.1, 0.15) is 11.1 Å². The lowest BCUT2D eigenvalue weighted by molar-refractivity contribution is -0.384. The first-order valence-electron chi connectivity index (χ1n) is 5.06. The van der Waals surface area contributed by atoms with Gasteiger partial charge >= 0.3 is 0 Å². The summed E-state index contributed by atoms with van der Waals surface area (Å²) >= 11 is 0. The summed E-state index contributed by atoms with van der Waals surface area (Å²) < 4.78 is 1.42. The van der Waals surface area contributed by atoms with Crippen molar-refractivity contribution in [3.05, 3.63) is 45.6 Å². The number of rotatable bonds is 2. The normalized spacial score (nSPS) is 10.5. The molecule has 0 fully saturated rings. The molecule has 0 atom stereocenters.